The summed E-state index contributed by atoms with van der Waals surface area (Å²) in [6.07, 6.45) is 1.49. The van der Waals surface area contributed by atoms with Crippen LogP contribution >= 0.6 is 11.3 Å². The maximum absolute atomic E-state index is 13.3. The number of anilines is 1. The number of benzene rings is 3. The predicted octanol–water partition coefficient (Wildman–Crippen LogP) is 5.13. The molecule has 6 nitrogen and oxygen atoms in total. The van der Waals surface area contributed by atoms with Crippen molar-refractivity contribution in [1.82, 2.24) is 4.98 Å². The Hall–Kier alpha value is -3.78. The van der Waals surface area contributed by atoms with Crippen molar-refractivity contribution in [2.75, 3.05) is 19.2 Å². The summed E-state index contributed by atoms with van der Waals surface area (Å²) in [6.45, 7) is 0. The molecule has 4 aromatic rings. The van der Waals surface area contributed by atoms with E-state index in [1.807, 2.05) is 18.2 Å². The molecule has 156 valence electrons. The zero-order valence-electron chi connectivity index (χ0n) is 16.8. The number of amides is 1. The fourth-order valence-electron chi connectivity index (χ4n) is 2.85. The minimum absolute atomic E-state index is 0.346. The minimum Gasteiger partial charge on any atom is -0.497 e. The zero-order chi connectivity index (χ0) is 21.8. The molecular weight excluding hydrogens is 417 g/mol. The number of nitrogens with zero attached hydrogens (tertiary/aromatic N) is 3. The van der Waals surface area contributed by atoms with Crippen molar-refractivity contribution in [1.29, 1.82) is 0 Å². The van der Waals surface area contributed by atoms with Crippen LogP contribution in [0.15, 0.2) is 71.8 Å². The van der Waals surface area contributed by atoms with Crippen LogP contribution in [0, 0.1) is 5.82 Å². The van der Waals surface area contributed by atoms with Crippen LogP contribution in [0.25, 0.3) is 10.2 Å². The molecule has 0 fully saturated rings. The molecule has 0 N–H and O–H groups in total. The van der Waals surface area contributed by atoms with Gasteiger partial charge in [-0.25, -0.2) is 9.37 Å². The van der Waals surface area contributed by atoms with Gasteiger partial charge in [0.2, 0.25) is 5.13 Å². The van der Waals surface area contributed by atoms with E-state index in [1.54, 1.807) is 43.5 Å². The Morgan fingerprint density at radius 2 is 1.77 bits per heavy atom. The van der Waals surface area contributed by atoms with Gasteiger partial charge in [-0.1, -0.05) is 29.5 Å². The lowest BCUT2D eigenvalue weighted by Gasteiger charge is -2.14. The Bertz CT molecular complexity index is 1250. The van der Waals surface area contributed by atoms with Gasteiger partial charge in [-0.15, -0.1) is 0 Å². The highest BCUT2D eigenvalue weighted by molar-refractivity contribution is 7.22. The van der Waals surface area contributed by atoms with Gasteiger partial charge in [0, 0.05) is 5.56 Å². The first-order valence-electron chi connectivity index (χ1n) is 9.30. The number of carbonyl (C=O) groups excluding carboxylic acids is 1. The van der Waals surface area contributed by atoms with E-state index < -0.39 is 0 Å². The van der Waals surface area contributed by atoms with Crippen LogP contribution in [0.4, 0.5) is 9.52 Å². The fraction of sp³-hybridized carbons (Fsp3) is 0.0870. The number of halogens is 1. The Morgan fingerprint density at radius 3 is 2.52 bits per heavy atom. The smallest absolute Gasteiger partial charge is 0.280 e. The van der Waals surface area contributed by atoms with Gasteiger partial charge >= 0.3 is 0 Å². The highest BCUT2D eigenvalue weighted by Gasteiger charge is 2.21. The van der Waals surface area contributed by atoms with Crippen LogP contribution in [0.2, 0.25) is 0 Å². The molecule has 0 saturated heterocycles. The Morgan fingerprint density at radius 1 is 1.03 bits per heavy atom. The van der Waals surface area contributed by atoms with E-state index in [0.717, 1.165) is 10.2 Å². The number of ether oxygens (including phenoxy) is 2. The topological polar surface area (TPSA) is 64.0 Å². The number of thiazole rings is 1. The largest absolute Gasteiger partial charge is 0.497 e. The normalized spacial score (nSPS) is 11.1. The molecule has 0 saturated carbocycles. The molecule has 0 unspecified atom stereocenters. The summed E-state index contributed by atoms with van der Waals surface area (Å²) < 4.78 is 24.6. The standard InChI is InChI=1S/C23H18FN3O3S/c1-29-18-5-3-4-16(12-18)22(28)27(25-14-15-6-8-17(24)9-7-15)23-26-20-11-10-19(30-2)13-21(20)31-23/h3-14H,1-2H3/b25-14+. The summed E-state index contributed by atoms with van der Waals surface area (Å²) >= 11 is 1.31. The predicted molar refractivity (Wildman–Crippen MR) is 120 cm³/mol. The summed E-state index contributed by atoms with van der Waals surface area (Å²) in [4.78, 5) is 17.9. The van der Waals surface area contributed by atoms with Crippen molar-refractivity contribution >= 4 is 38.8 Å². The maximum Gasteiger partial charge on any atom is 0.280 e. The van der Waals surface area contributed by atoms with Crippen LogP contribution in [-0.2, 0) is 0 Å². The van der Waals surface area contributed by atoms with E-state index in [-0.39, 0.29) is 11.7 Å². The quantitative estimate of drug-likeness (QED) is 0.311. The first-order valence-corrected chi connectivity index (χ1v) is 10.1. The molecule has 1 heterocycles. The second-order valence-electron chi connectivity index (χ2n) is 6.48. The number of carbonyl (C=O) groups is 1. The van der Waals surface area contributed by atoms with Crippen LogP contribution in [0.5, 0.6) is 11.5 Å². The number of hydrogen-bond donors (Lipinski definition) is 0. The highest BCUT2D eigenvalue weighted by Crippen LogP contribution is 2.32. The lowest BCUT2D eigenvalue weighted by atomic mass is 10.2. The van der Waals surface area contributed by atoms with E-state index in [4.69, 9.17) is 9.47 Å². The van der Waals surface area contributed by atoms with Gasteiger partial charge in [-0.2, -0.15) is 10.1 Å². The molecule has 0 radical (unpaired) electrons. The molecule has 0 spiro atoms. The Balaban J connectivity index is 1.76. The van der Waals surface area contributed by atoms with E-state index in [9.17, 15) is 9.18 Å². The third kappa shape index (κ3) is 4.54. The van der Waals surface area contributed by atoms with Gasteiger partial charge in [0.15, 0.2) is 0 Å². The van der Waals surface area contributed by atoms with Crippen LogP contribution in [-0.4, -0.2) is 31.3 Å². The molecule has 0 aliphatic heterocycles. The lowest BCUT2D eigenvalue weighted by Crippen LogP contribution is -2.25. The average Bonchev–Trinajstić information content (AvgIpc) is 3.23. The van der Waals surface area contributed by atoms with Crippen molar-refractivity contribution in [2.45, 2.75) is 0 Å². The average molecular weight is 435 g/mol. The Kier molecular flexibility index (Phi) is 5.90. The highest BCUT2D eigenvalue weighted by atomic mass is 32.1. The number of fused-ring (bicyclic) bond motifs is 1. The number of methoxy groups -OCH3 is 2. The molecule has 0 aliphatic carbocycles. The van der Waals surface area contributed by atoms with Crippen molar-refractivity contribution in [2.24, 2.45) is 5.10 Å². The monoisotopic (exact) mass is 435 g/mol. The van der Waals surface area contributed by atoms with Crippen molar-refractivity contribution in [3.05, 3.63) is 83.7 Å². The van der Waals surface area contributed by atoms with E-state index >= 15 is 0 Å². The number of aromatic nitrogens is 1. The van der Waals surface area contributed by atoms with Crippen molar-refractivity contribution in [3.8, 4) is 11.5 Å². The molecule has 1 aromatic heterocycles. The summed E-state index contributed by atoms with van der Waals surface area (Å²) in [5.41, 5.74) is 1.77. The molecule has 3 aromatic carbocycles. The van der Waals surface area contributed by atoms with Gasteiger partial charge in [0.25, 0.3) is 5.91 Å². The lowest BCUT2D eigenvalue weighted by molar-refractivity contribution is 0.0987. The van der Waals surface area contributed by atoms with Crippen molar-refractivity contribution < 1.29 is 18.7 Å². The molecule has 31 heavy (non-hydrogen) atoms. The van der Waals surface area contributed by atoms with Gasteiger partial charge < -0.3 is 9.47 Å². The van der Waals surface area contributed by atoms with Crippen LogP contribution in [0.1, 0.15) is 15.9 Å². The van der Waals surface area contributed by atoms with Gasteiger partial charge in [-0.05, 0) is 54.1 Å². The van der Waals surface area contributed by atoms with Gasteiger partial charge in [0.1, 0.15) is 17.3 Å². The fourth-order valence-corrected chi connectivity index (χ4v) is 3.80. The summed E-state index contributed by atoms with van der Waals surface area (Å²) in [7, 11) is 3.13. The molecule has 1 amide bonds. The summed E-state index contributed by atoms with van der Waals surface area (Å²) in [5.74, 6) is 0.537. The molecule has 0 atom stereocenters. The third-order valence-corrected chi connectivity index (χ3v) is 5.46. The van der Waals surface area contributed by atoms with Crippen LogP contribution in [0.3, 0.4) is 0 Å². The third-order valence-electron chi connectivity index (χ3n) is 4.47. The van der Waals surface area contributed by atoms with Gasteiger partial charge in [-0.3, -0.25) is 4.79 Å². The molecule has 4 rings (SSSR count). The molecular formula is C23H18FN3O3S. The number of hydrogen-bond acceptors (Lipinski definition) is 6. The van der Waals surface area contributed by atoms with Gasteiger partial charge in [0.05, 0.1) is 30.7 Å². The van der Waals surface area contributed by atoms with E-state index in [2.05, 4.69) is 10.1 Å². The van der Waals surface area contributed by atoms with E-state index in [0.29, 0.717) is 27.8 Å². The Labute approximate surface area is 182 Å². The summed E-state index contributed by atoms with van der Waals surface area (Å²) in [5, 5.41) is 6.00. The first-order chi connectivity index (χ1) is 15.1. The second-order valence-corrected chi connectivity index (χ2v) is 7.48. The SMILES string of the molecule is COc1cccc(C(=O)N(/N=C/c2ccc(F)cc2)c2nc3ccc(OC)cc3s2)c1. The zero-order valence-corrected chi connectivity index (χ0v) is 17.6. The van der Waals surface area contributed by atoms with Crippen LogP contribution < -0.4 is 14.5 Å². The molecule has 0 bridgehead atoms. The summed E-state index contributed by atoms with van der Waals surface area (Å²) in [6, 6.07) is 18.1. The number of hydrazone groups is 1. The minimum atomic E-state index is -0.372. The van der Waals surface area contributed by atoms with E-state index in [1.165, 1.54) is 41.8 Å². The van der Waals surface area contributed by atoms with Crippen molar-refractivity contribution in [3.63, 3.8) is 0 Å². The molecule has 0 aliphatic rings. The first kappa shape index (κ1) is 20.5. The maximum atomic E-state index is 13.3. The number of rotatable bonds is 6. The second kappa shape index (κ2) is 8.93. The molecule has 8 heteroatoms.